The maximum absolute atomic E-state index is 11.9. The first-order chi connectivity index (χ1) is 12.7. The second-order valence-electron chi connectivity index (χ2n) is 5.69. The van der Waals surface area contributed by atoms with Crippen molar-refractivity contribution in [1.29, 1.82) is 0 Å². The highest BCUT2D eigenvalue weighted by Gasteiger charge is 2.14. The number of aromatic nitrogens is 2. The van der Waals surface area contributed by atoms with Crippen molar-refractivity contribution in [3.63, 3.8) is 0 Å². The van der Waals surface area contributed by atoms with E-state index < -0.39 is 6.03 Å². The molecule has 6 nitrogen and oxygen atoms in total. The van der Waals surface area contributed by atoms with E-state index in [0.29, 0.717) is 0 Å². The fourth-order valence-electron chi connectivity index (χ4n) is 2.62. The fourth-order valence-corrected chi connectivity index (χ4v) is 3.46. The van der Waals surface area contributed by atoms with Gasteiger partial charge in [0, 0.05) is 13.6 Å². The highest BCUT2D eigenvalue weighted by Crippen LogP contribution is 2.24. The number of aryl methyl sites for hydroxylation is 2. The average molecular weight is 368 g/mol. The van der Waals surface area contributed by atoms with Crippen molar-refractivity contribution in [2.24, 2.45) is 0 Å². The van der Waals surface area contributed by atoms with Crippen molar-refractivity contribution in [2.75, 3.05) is 12.8 Å². The number of carbonyl (C=O) groups excluding carboxylic acids is 2. The van der Waals surface area contributed by atoms with Gasteiger partial charge in [-0.1, -0.05) is 54.2 Å². The van der Waals surface area contributed by atoms with Crippen molar-refractivity contribution in [3.8, 4) is 0 Å². The van der Waals surface area contributed by atoms with Crippen LogP contribution in [0.2, 0.25) is 0 Å². The molecule has 0 spiro atoms. The summed E-state index contributed by atoms with van der Waals surface area (Å²) >= 11 is 1.33. The Hall–Kier alpha value is -2.80. The molecule has 0 radical (unpaired) electrons. The summed E-state index contributed by atoms with van der Waals surface area (Å²) < 4.78 is 2.13. The van der Waals surface area contributed by atoms with Crippen LogP contribution in [0.3, 0.4) is 0 Å². The number of imidazole rings is 1. The minimum absolute atomic E-state index is 0.127. The molecular formula is C19H20N4O2S. The third-order valence-corrected chi connectivity index (χ3v) is 4.88. The molecule has 3 amide bonds. The molecule has 26 heavy (non-hydrogen) atoms. The predicted molar refractivity (Wildman–Crippen MR) is 103 cm³/mol. The minimum Gasteiger partial charge on any atom is -0.341 e. The maximum Gasteiger partial charge on any atom is 0.321 e. The number of para-hydroxylation sites is 2. The second-order valence-corrected chi connectivity index (χ2v) is 6.63. The summed E-state index contributed by atoms with van der Waals surface area (Å²) in [6.45, 7) is 0.768. The molecule has 7 heteroatoms. The summed E-state index contributed by atoms with van der Waals surface area (Å²) in [6.07, 6.45) is 0.874. The van der Waals surface area contributed by atoms with Gasteiger partial charge in [-0.25, -0.2) is 9.78 Å². The Morgan fingerprint density at radius 2 is 1.81 bits per heavy atom. The van der Waals surface area contributed by atoms with Crippen LogP contribution < -0.4 is 10.6 Å². The Morgan fingerprint density at radius 3 is 2.58 bits per heavy atom. The molecule has 0 aliphatic heterocycles. The van der Waals surface area contributed by atoms with Crippen LogP contribution in [0, 0.1) is 0 Å². The quantitative estimate of drug-likeness (QED) is 0.656. The van der Waals surface area contributed by atoms with Crippen LogP contribution in [0.25, 0.3) is 11.0 Å². The molecule has 1 aromatic heterocycles. The standard InChI is InChI=1S/C19H20N4O2S/c1-20-18(25)22-17(24)13-26-19-21-15-9-5-6-10-16(15)23(19)12-11-14-7-3-2-4-8-14/h2-10H,11-13H2,1H3,(H2,20,22,24,25). The van der Waals surface area contributed by atoms with Gasteiger partial charge in [0.1, 0.15) is 0 Å². The number of carbonyl (C=O) groups is 2. The summed E-state index contributed by atoms with van der Waals surface area (Å²) in [4.78, 5) is 27.7. The van der Waals surface area contributed by atoms with E-state index in [2.05, 4.69) is 32.3 Å². The molecule has 0 aliphatic rings. The molecular weight excluding hydrogens is 348 g/mol. The number of urea groups is 1. The van der Waals surface area contributed by atoms with E-state index in [0.717, 1.165) is 29.2 Å². The zero-order chi connectivity index (χ0) is 18.4. The number of rotatable bonds is 6. The van der Waals surface area contributed by atoms with Crippen molar-refractivity contribution < 1.29 is 9.59 Å². The highest BCUT2D eigenvalue weighted by molar-refractivity contribution is 7.99. The molecule has 0 fully saturated rings. The van der Waals surface area contributed by atoms with Gasteiger partial charge in [0.25, 0.3) is 0 Å². The SMILES string of the molecule is CNC(=O)NC(=O)CSc1nc2ccccc2n1CCc1ccccc1. The van der Waals surface area contributed by atoms with E-state index in [4.69, 9.17) is 0 Å². The van der Waals surface area contributed by atoms with Crippen LogP contribution >= 0.6 is 11.8 Å². The first kappa shape index (κ1) is 18.0. The smallest absolute Gasteiger partial charge is 0.321 e. The van der Waals surface area contributed by atoms with E-state index in [1.165, 1.54) is 24.4 Å². The van der Waals surface area contributed by atoms with Crippen molar-refractivity contribution >= 4 is 34.7 Å². The number of hydrogen-bond acceptors (Lipinski definition) is 4. The third kappa shape index (κ3) is 4.43. The van der Waals surface area contributed by atoms with Gasteiger partial charge in [0.2, 0.25) is 5.91 Å². The van der Waals surface area contributed by atoms with Crippen LogP contribution in [0.4, 0.5) is 4.79 Å². The van der Waals surface area contributed by atoms with Gasteiger partial charge >= 0.3 is 6.03 Å². The van der Waals surface area contributed by atoms with Crippen LogP contribution in [-0.2, 0) is 17.8 Å². The summed E-state index contributed by atoms with van der Waals surface area (Å²) in [5, 5.41) is 5.40. The van der Waals surface area contributed by atoms with Crippen LogP contribution in [0.15, 0.2) is 59.8 Å². The van der Waals surface area contributed by atoms with Gasteiger partial charge in [-0.3, -0.25) is 10.1 Å². The molecule has 0 saturated carbocycles. The molecule has 3 aromatic rings. The topological polar surface area (TPSA) is 76.0 Å². The lowest BCUT2D eigenvalue weighted by Gasteiger charge is -2.09. The van der Waals surface area contributed by atoms with Crippen LogP contribution in [0.5, 0.6) is 0 Å². The average Bonchev–Trinajstić information content (AvgIpc) is 3.03. The molecule has 0 unspecified atom stereocenters. The lowest BCUT2D eigenvalue weighted by Crippen LogP contribution is -2.38. The minimum atomic E-state index is -0.506. The zero-order valence-corrected chi connectivity index (χ0v) is 15.3. The van der Waals surface area contributed by atoms with Crippen molar-refractivity contribution in [1.82, 2.24) is 20.2 Å². The Morgan fingerprint density at radius 1 is 1.08 bits per heavy atom. The summed E-state index contributed by atoms with van der Waals surface area (Å²) in [7, 11) is 1.47. The molecule has 3 rings (SSSR count). The molecule has 2 aromatic carbocycles. The molecule has 0 aliphatic carbocycles. The van der Waals surface area contributed by atoms with Crippen LogP contribution in [0.1, 0.15) is 5.56 Å². The molecule has 0 bridgehead atoms. The summed E-state index contributed by atoms with van der Waals surface area (Å²) in [5.74, 6) is -0.224. The number of amides is 3. The normalized spacial score (nSPS) is 10.7. The molecule has 1 heterocycles. The summed E-state index contributed by atoms with van der Waals surface area (Å²) in [6, 6.07) is 17.7. The lowest BCUT2D eigenvalue weighted by atomic mass is 10.1. The van der Waals surface area contributed by atoms with E-state index in [-0.39, 0.29) is 11.7 Å². The molecule has 0 atom stereocenters. The lowest BCUT2D eigenvalue weighted by molar-refractivity contribution is -0.117. The first-order valence-electron chi connectivity index (χ1n) is 8.31. The van der Waals surface area contributed by atoms with Gasteiger partial charge in [-0.05, 0) is 24.1 Å². The predicted octanol–water partition coefficient (Wildman–Crippen LogP) is 2.83. The molecule has 134 valence electrons. The monoisotopic (exact) mass is 368 g/mol. The number of hydrogen-bond donors (Lipinski definition) is 2. The largest absolute Gasteiger partial charge is 0.341 e. The summed E-state index contributed by atoms with van der Waals surface area (Å²) in [5.41, 5.74) is 3.19. The number of benzene rings is 2. The molecule has 2 N–H and O–H groups in total. The van der Waals surface area contributed by atoms with E-state index in [9.17, 15) is 9.59 Å². The van der Waals surface area contributed by atoms with Gasteiger partial charge < -0.3 is 9.88 Å². The number of nitrogens with zero attached hydrogens (tertiary/aromatic N) is 2. The van der Waals surface area contributed by atoms with Crippen molar-refractivity contribution in [2.45, 2.75) is 18.1 Å². The van der Waals surface area contributed by atoms with Crippen molar-refractivity contribution in [3.05, 3.63) is 60.2 Å². The van der Waals surface area contributed by atoms with Gasteiger partial charge in [0.05, 0.1) is 16.8 Å². The van der Waals surface area contributed by atoms with Crippen LogP contribution in [-0.4, -0.2) is 34.3 Å². The number of nitrogens with one attached hydrogen (secondary N) is 2. The third-order valence-electron chi connectivity index (χ3n) is 3.90. The maximum atomic E-state index is 11.9. The fraction of sp³-hybridized carbons (Fsp3) is 0.211. The molecule has 0 saturated heterocycles. The van der Waals surface area contributed by atoms with Gasteiger partial charge in [-0.15, -0.1) is 0 Å². The number of thioether (sulfide) groups is 1. The van der Waals surface area contributed by atoms with Gasteiger partial charge in [0.15, 0.2) is 5.16 Å². The Bertz CT molecular complexity index is 908. The second kappa shape index (κ2) is 8.53. The Labute approximate surface area is 156 Å². The highest BCUT2D eigenvalue weighted by atomic mass is 32.2. The number of imide groups is 1. The Balaban J connectivity index is 1.76. The van der Waals surface area contributed by atoms with E-state index >= 15 is 0 Å². The number of fused-ring (bicyclic) bond motifs is 1. The first-order valence-corrected chi connectivity index (χ1v) is 9.29. The Kier molecular flexibility index (Phi) is 5.91. The van der Waals surface area contributed by atoms with E-state index in [1.807, 2.05) is 42.5 Å². The van der Waals surface area contributed by atoms with E-state index in [1.54, 1.807) is 0 Å². The zero-order valence-electron chi connectivity index (χ0n) is 14.4. The van der Waals surface area contributed by atoms with Gasteiger partial charge in [-0.2, -0.15) is 0 Å².